The molecule has 4 heteroatoms. The molecular weight excluding hydrogens is 312 g/mol. The lowest BCUT2D eigenvalue weighted by Gasteiger charge is -2.26. The molecule has 0 aliphatic heterocycles. The van der Waals surface area contributed by atoms with E-state index in [1.807, 2.05) is 18.2 Å². The lowest BCUT2D eigenvalue weighted by Crippen LogP contribution is -2.38. The summed E-state index contributed by atoms with van der Waals surface area (Å²) >= 11 is 0. The summed E-state index contributed by atoms with van der Waals surface area (Å²) in [4.78, 5) is 14.2. The van der Waals surface area contributed by atoms with Gasteiger partial charge in [0.15, 0.2) is 0 Å². The van der Waals surface area contributed by atoms with Crippen LogP contribution in [0.2, 0.25) is 0 Å². The standard InChI is InChI=1S/C21H34N2O2/c1-18(20-12-7-4-8-13-20)25-15-9-14-22-21(24)17-23(2)16-19-10-5-3-6-11-19/h4,7-8,12-13,18-19H,3,5-6,9-11,14-17H2,1-2H3,(H,22,24). The molecule has 1 saturated carbocycles. The summed E-state index contributed by atoms with van der Waals surface area (Å²) in [6.45, 7) is 4.95. The number of benzene rings is 1. The third-order valence-corrected chi connectivity index (χ3v) is 4.99. The van der Waals surface area contributed by atoms with E-state index in [4.69, 9.17) is 4.74 Å². The molecule has 1 fully saturated rings. The van der Waals surface area contributed by atoms with E-state index >= 15 is 0 Å². The molecule has 25 heavy (non-hydrogen) atoms. The number of carbonyl (C=O) groups excluding carboxylic acids is 1. The quantitative estimate of drug-likeness (QED) is 0.656. The maximum absolute atomic E-state index is 12.0. The van der Waals surface area contributed by atoms with Crippen LogP contribution in [0.5, 0.6) is 0 Å². The van der Waals surface area contributed by atoms with Crippen LogP contribution < -0.4 is 5.32 Å². The molecule has 1 unspecified atom stereocenters. The van der Waals surface area contributed by atoms with E-state index in [9.17, 15) is 4.79 Å². The molecule has 0 aromatic heterocycles. The van der Waals surface area contributed by atoms with Crippen molar-refractivity contribution in [2.45, 2.75) is 51.6 Å². The minimum atomic E-state index is 0.0959. The number of nitrogens with zero attached hydrogens (tertiary/aromatic N) is 1. The Morgan fingerprint density at radius 2 is 1.96 bits per heavy atom. The summed E-state index contributed by atoms with van der Waals surface area (Å²) in [5, 5.41) is 3.00. The van der Waals surface area contributed by atoms with E-state index in [2.05, 4.69) is 36.3 Å². The van der Waals surface area contributed by atoms with Crippen molar-refractivity contribution in [2.24, 2.45) is 5.92 Å². The van der Waals surface area contributed by atoms with Crippen molar-refractivity contribution < 1.29 is 9.53 Å². The van der Waals surface area contributed by atoms with E-state index in [1.54, 1.807) is 0 Å². The predicted octanol–water partition coefficient (Wildman–Crippen LogP) is 3.78. The monoisotopic (exact) mass is 346 g/mol. The summed E-state index contributed by atoms with van der Waals surface area (Å²) in [5.41, 5.74) is 1.19. The van der Waals surface area contributed by atoms with Crippen LogP contribution in [0, 0.1) is 5.92 Å². The summed E-state index contributed by atoms with van der Waals surface area (Å²) in [5.74, 6) is 0.897. The minimum Gasteiger partial charge on any atom is -0.374 e. The Morgan fingerprint density at radius 3 is 2.68 bits per heavy atom. The van der Waals surface area contributed by atoms with Gasteiger partial charge >= 0.3 is 0 Å². The van der Waals surface area contributed by atoms with Crippen LogP contribution in [0.1, 0.15) is 57.1 Å². The normalized spacial score (nSPS) is 16.8. The molecule has 4 nitrogen and oxygen atoms in total. The Kier molecular flexibility index (Phi) is 8.98. The van der Waals surface area contributed by atoms with Gasteiger partial charge in [-0.05, 0) is 44.7 Å². The molecule has 2 rings (SSSR count). The van der Waals surface area contributed by atoms with Crippen LogP contribution in [0.25, 0.3) is 0 Å². The molecule has 1 aromatic carbocycles. The van der Waals surface area contributed by atoms with Gasteiger partial charge in [-0.1, -0.05) is 49.6 Å². The van der Waals surface area contributed by atoms with Crippen LogP contribution in [-0.2, 0) is 9.53 Å². The second kappa shape index (κ2) is 11.3. The molecule has 0 saturated heterocycles. The van der Waals surface area contributed by atoms with E-state index in [-0.39, 0.29) is 12.0 Å². The summed E-state index contributed by atoms with van der Waals surface area (Å²) in [6.07, 6.45) is 7.67. The van der Waals surface area contributed by atoms with Gasteiger partial charge in [0.2, 0.25) is 5.91 Å². The zero-order valence-corrected chi connectivity index (χ0v) is 15.9. The molecule has 0 heterocycles. The number of ether oxygens (including phenoxy) is 1. The van der Waals surface area contributed by atoms with Crippen molar-refractivity contribution >= 4 is 5.91 Å². The first-order valence-electron chi connectivity index (χ1n) is 9.77. The van der Waals surface area contributed by atoms with Gasteiger partial charge in [-0.25, -0.2) is 0 Å². The number of nitrogens with one attached hydrogen (secondary N) is 1. The van der Waals surface area contributed by atoms with Crippen molar-refractivity contribution in [3.63, 3.8) is 0 Å². The Bertz CT molecular complexity index is 486. The van der Waals surface area contributed by atoms with Gasteiger partial charge in [-0.2, -0.15) is 0 Å². The molecular formula is C21H34N2O2. The molecule has 1 aliphatic rings. The molecule has 0 spiro atoms. The highest BCUT2D eigenvalue weighted by atomic mass is 16.5. The van der Waals surface area contributed by atoms with Gasteiger partial charge in [-0.15, -0.1) is 0 Å². The highest BCUT2D eigenvalue weighted by Crippen LogP contribution is 2.23. The Hall–Kier alpha value is -1.39. The lowest BCUT2D eigenvalue weighted by molar-refractivity contribution is -0.122. The fourth-order valence-corrected chi connectivity index (χ4v) is 3.56. The zero-order chi connectivity index (χ0) is 17.9. The van der Waals surface area contributed by atoms with Gasteiger partial charge in [0.25, 0.3) is 0 Å². The van der Waals surface area contributed by atoms with Crippen LogP contribution in [0.3, 0.4) is 0 Å². The third kappa shape index (κ3) is 8.02. The highest BCUT2D eigenvalue weighted by molar-refractivity contribution is 5.77. The van der Waals surface area contributed by atoms with Crippen LogP contribution in [0.15, 0.2) is 30.3 Å². The van der Waals surface area contributed by atoms with E-state index in [1.165, 1.54) is 37.7 Å². The average molecular weight is 347 g/mol. The van der Waals surface area contributed by atoms with Crippen LogP contribution in [0.4, 0.5) is 0 Å². The SMILES string of the molecule is CC(OCCCNC(=O)CN(C)CC1CCCCC1)c1ccccc1. The summed E-state index contributed by atoms with van der Waals surface area (Å²) < 4.78 is 5.83. The fraction of sp³-hybridized carbons (Fsp3) is 0.667. The molecule has 1 amide bonds. The second-order valence-electron chi connectivity index (χ2n) is 7.33. The molecule has 1 N–H and O–H groups in total. The van der Waals surface area contributed by atoms with E-state index in [0.717, 1.165) is 18.9 Å². The first-order valence-corrected chi connectivity index (χ1v) is 9.77. The third-order valence-electron chi connectivity index (χ3n) is 4.99. The van der Waals surface area contributed by atoms with Crippen LogP contribution in [-0.4, -0.2) is 44.1 Å². The Morgan fingerprint density at radius 1 is 1.24 bits per heavy atom. The predicted molar refractivity (Wildman–Crippen MR) is 103 cm³/mol. The number of likely N-dealkylation sites (N-methyl/N-ethyl adjacent to an activating group) is 1. The van der Waals surface area contributed by atoms with Gasteiger partial charge < -0.3 is 10.1 Å². The van der Waals surface area contributed by atoms with Gasteiger partial charge in [-0.3, -0.25) is 9.69 Å². The number of carbonyl (C=O) groups is 1. The Labute approximate surface area is 152 Å². The maximum Gasteiger partial charge on any atom is 0.234 e. The summed E-state index contributed by atoms with van der Waals surface area (Å²) in [6, 6.07) is 10.2. The maximum atomic E-state index is 12.0. The number of rotatable bonds is 10. The zero-order valence-electron chi connectivity index (χ0n) is 15.9. The fourth-order valence-electron chi connectivity index (χ4n) is 3.56. The second-order valence-corrected chi connectivity index (χ2v) is 7.33. The van der Waals surface area contributed by atoms with Crippen molar-refractivity contribution in [1.29, 1.82) is 0 Å². The first kappa shape index (κ1) is 19.9. The van der Waals surface area contributed by atoms with Crippen LogP contribution >= 0.6 is 0 Å². The highest BCUT2D eigenvalue weighted by Gasteiger charge is 2.16. The van der Waals surface area contributed by atoms with E-state index < -0.39 is 0 Å². The topological polar surface area (TPSA) is 41.6 Å². The minimum absolute atomic E-state index is 0.0959. The largest absolute Gasteiger partial charge is 0.374 e. The van der Waals surface area contributed by atoms with Crippen molar-refractivity contribution in [2.75, 3.05) is 33.3 Å². The molecule has 0 bridgehead atoms. The lowest BCUT2D eigenvalue weighted by atomic mass is 9.89. The van der Waals surface area contributed by atoms with Crippen molar-refractivity contribution in [1.82, 2.24) is 10.2 Å². The smallest absolute Gasteiger partial charge is 0.234 e. The van der Waals surface area contributed by atoms with Crippen molar-refractivity contribution in [3.05, 3.63) is 35.9 Å². The van der Waals surface area contributed by atoms with Gasteiger partial charge in [0.05, 0.1) is 12.6 Å². The molecule has 1 aromatic rings. The Balaban J connectivity index is 1.51. The number of amides is 1. The number of hydrogen-bond donors (Lipinski definition) is 1. The molecule has 1 atom stereocenters. The summed E-state index contributed by atoms with van der Waals surface area (Å²) in [7, 11) is 2.05. The molecule has 0 radical (unpaired) electrons. The van der Waals surface area contributed by atoms with Gasteiger partial charge in [0, 0.05) is 19.7 Å². The number of hydrogen-bond acceptors (Lipinski definition) is 3. The average Bonchev–Trinajstić information content (AvgIpc) is 2.62. The first-order chi connectivity index (χ1) is 12.1. The molecule has 140 valence electrons. The van der Waals surface area contributed by atoms with E-state index in [0.29, 0.717) is 19.7 Å². The van der Waals surface area contributed by atoms with Crippen molar-refractivity contribution in [3.8, 4) is 0 Å². The molecule has 1 aliphatic carbocycles. The van der Waals surface area contributed by atoms with Gasteiger partial charge in [0.1, 0.15) is 0 Å².